The second-order valence-electron chi connectivity index (χ2n) is 4.45. The molecule has 0 aromatic heterocycles. The minimum atomic E-state index is 0.100. The molecule has 0 saturated carbocycles. The zero-order valence-electron chi connectivity index (χ0n) is 10.3. The van der Waals surface area contributed by atoms with Crippen molar-refractivity contribution in [1.82, 2.24) is 9.80 Å². The van der Waals surface area contributed by atoms with E-state index in [-0.39, 0.29) is 12.5 Å². The first-order valence-electron chi connectivity index (χ1n) is 6.04. The topological polar surface area (TPSA) is 43.8 Å². The summed E-state index contributed by atoms with van der Waals surface area (Å²) in [6, 6.07) is 0. The Morgan fingerprint density at radius 3 is 2.53 bits per heavy atom. The van der Waals surface area contributed by atoms with Crippen LogP contribution >= 0.6 is 0 Å². The fourth-order valence-electron chi connectivity index (χ4n) is 2.09. The number of nitrogens with zero attached hydrogens (tertiary/aromatic N) is 2. The lowest BCUT2D eigenvalue weighted by molar-refractivity contribution is -0.131. The molecule has 1 aliphatic rings. The first kappa shape index (κ1) is 13.9. The lowest BCUT2D eigenvalue weighted by Crippen LogP contribution is -2.39. The number of aliphatic hydroxyl groups is 1. The van der Waals surface area contributed by atoms with E-state index >= 15 is 0 Å². The van der Waals surface area contributed by atoms with Crippen molar-refractivity contribution in [1.29, 1.82) is 0 Å². The van der Waals surface area contributed by atoms with Gasteiger partial charge in [-0.1, -0.05) is 12.2 Å². The summed E-state index contributed by atoms with van der Waals surface area (Å²) in [4.78, 5) is 15.8. The summed E-state index contributed by atoms with van der Waals surface area (Å²) in [5.41, 5.74) is 0. The lowest BCUT2D eigenvalue weighted by Gasteiger charge is -2.23. The van der Waals surface area contributed by atoms with Crippen molar-refractivity contribution < 1.29 is 9.90 Å². The van der Waals surface area contributed by atoms with Gasteiger partial charge in [0.1, 0.15) is 0 Å². The minimum absolute atomic E-state index is 0.100. The van der Waals surface area contributed by atoms with Gasteiger partial charge in [0.25, 0.3) is 0 Å². The van der Waals surface area contributed by atoms with Crippen molar-refractivity contribution in [3.8, 4) is 0 Å². The van der Waals surface area contributed by atoms with Gasteiger partial charge >= 0.3 is 0 Å². The van der Waals surface area contributed by atoms with Crippen LogP contribution in [0.15, 0.2) is 25.3 Å². The standard InChI is InChI=1S/C13H22N2O2/c1-3-6-15(7-4-2)13(17)10-14-8-5-12(9-14)11-16/h3-4,12,16H,1-2,5-11H2. The molecule has 0 aromatic carbocycles. The van der Waals surface area contributed by atoms with E-state index in [4.69, 9.17) is 5.11 Å². The maximum Gasteiger partial charge on any atom is 0.237 e. The van der Waals surface area contributed by atoms with E-state index in [0.29, 0.717) is 25.6 Å². The summed E-state index contributed by atoms with van der Waals surface area (Å²) < 4.78 is 0. The SMILES string of the molecule is C=CCN(CC=C)C(=O)CN1CCC(CO)C1. The van der Waals surface area contributed by atoms with Crippen LogP contribution < -0.4 is 0 Å². The summed E-state index contributed by atoms with van der Waals surface area (Å²) in [6.45, 7) is 10.8. The van der Waals surface area contributed by atoms with Crippen LogP contribution in [0, 0.1) is 5.92 Å². The Labute approximate surface area is 103 Å². The number of aliphatic hydroxyl groups excluding tert-OH is 1. The van der Waals surface area contributed by atoms with Gasteiger partial charge in [-0.15, -0.1) is 13.2 Å². The van der Waals surface area contributed by atoms with E-state index in [9.17, 15) is 4.79 Å². The van der Waals surface area contributed by atoms with E-state index in [1.807, 2.05) is 0 Å². The van der Waals surface area contributed by atoms with Crippen LogP contribution in [0.4, 0.5) is 0 Å². The summed E-state index contributed by atoms with van der Waals surface area (Å²) >= 11 is 0. The molecule has 96 valence electrons. The van der Waals surface area contributed by atoms with Crippen molar-refractivity contribution in [3.63, 3.8) is 0 Å². The Morgan fingerprint density at radius 1 is 1.41 bits per heavy atom. The number of amides is 1. The Kier molecular flexibility index (Phi) is 5.94. The molecule has 0 spiro atoms. The molecular formula is C13H22N2O2. The molecular weight excluding hydrogens is 216 g/mol. The van der Waals surface area contributed by atoms with Crippen molar-refractivity contribution in [2.24, 2.45) is 5.92 Å². The van der Waals surface area contributed by atoms with Gasteiger partial charge in [0.2, 0.25) is 5.91 Å². The maximum atomic E-state index is 12.0. The van der Waals surface area contributed by atoms with Crippen LogP contribution in [0.2, 0.25) is 0 Å². The summed E-state index contributed by atoms with van der Waals surface area (Å²) in [5.74, 6) is 0.429. The first-order chi connectivity index (χ1) is 8.21. The third-order valence-corrected chi connectivity index (χ3v) is 3.04. The fraction of sp³-hybridized carbons (Fsp3) is 0.615. The maximum absolute atomic E-state index is 12.0. The van der Waals surface area contributed by atoms with Gasteiger partial charge < -0.3 is 10.0 Å². The lowest BCUT2D eigenvalue weighted by atomic mass is 10.1. The highest BCUT2D eigenvalue weighted by Crippen LogP contribution is 2.15. The third kappa shape index (κ3) is 4.32. The highest BCUT2D eigenvalue weighted by atomic mass is 16.3. The van der Waals surface area contributed by atoms with Crippen LogP contribution in [0.3, 0.4) is 0 Å². The van der Waals surface area contributed by atoms with E-state index in [0.717, 1.165) is 19.5 Å². The largest absolute Gasteiger partial charge is 0.396 e. The normalized spacial score (nSPS) is 20.2. The molecule has 1 rings (SSSR count). The molecule has 4 heteroatoms. The van der Waals surface area contributed by atoms with E-state index in [1.165, 1.54) is 0 Å². The van der Waals surface area contributed by atoms with Crippen molar-refractivity contribution in [2.45, 2.75) is 6.42 Å². The van der Waals surface area contributed by atoms with Crippen molar-refractivity contribution >= 4 is 5.91 Å². The zero-order chi connectivity index (χ0) is 12.7. The fourth-order valence-corrected chi connectivity index (χ4v) is 2.09. The molecule has 17 heavy (non-hydrogen) atoms. The highest BCUT2D eigenvalue weighted by Gasteiger charge is 2.24. The van der Waals surface area contributed by atoms with Crippen LogP contribution in [0.1, 0.15) is 6.42 Å². The smallest absolute Gasteiger partial charge is 0.237 e. The molecule has 0 radical (unpaired) electrons. The third-order valence-electron chi connectivity index (χ3n) is 3.04. The second kappa shape index (κ2) is 7.25. The van der Waals surface area contributed by atoms with Crippen LogP contribution in [-0.2, 0) is 4.79 Å². The van der Waals surface area contributed by atoms with Crippen molar-refractivity contribution in [2.75, 3.05) is 39.3 Å². The molecule has 4 nitrogen and oxygen atoms in total. The zero-order valence-corrected chi connectivity index (χ0v) is 10.3. The molecule has 0 aliphatic carbocycles. The van der Waals surface area contributed by atoms with Gasteiger partial charge in [0.15, 0.2) is 0 Å². The molecule has 1 heterocycles. The van der Waals surface area contributed by atoms with Gasteiger partial charge in [-0.25, -0.2) is 0 Å². The second-order valence-corrected chi connectivity index (χ2v) is 4.45. The Hall–Kier alpha value is -1.13. The van der Waals surface area contributed by atoms with Gasteiger partial charge in [0, 0.05) is 26.2 Å². The molecule has 1 N–H and O–H groups in total. The molecule has 0 bridgehead atoms. The number of hydrogen-bond acceptors (Lipinski definition) is 3. The van der Waals surface area contributed by atoms with E-state index in [2.05, 4.69) is 18.1 Å². The van der Waals surface area contributed by atoms with E-state index in [1.54, 1.807) is 17.1 Å². The predicted octanol–water partition coefficient (Wildman–Crippen LogP) is 0.501. The Balaban J connectivity index is 2.41. The van der Waals surface area contributed by atoms with Gasteiger partial charge in [-0.05, 0) is 18.9 Å². The molecule has 1 atom stereocenters. The number of rotatable bonds is 7. The first-order valence-corrected chi connectivity index (χ1v) is 6.04. The number of likely N-dealkylation sites (tertiary alicyclic amines) is 1. The van der Waals surface area contributed by atoms with Gasteiger partial charge in [-0.2, -0.15) is 0 Å². The van der Waals surface area contributed by atoms with Crippen LogP contribution in [-0.4, -0.2) is 60.1 Å². The summed E-state index contributed by atoms with van der Waals surface area (Å²) in [6.07, 6.45) is 4.43. The number of carbonyl (C=O) groups excluding carboxylic acids is 1. The summed E-state index contributed by atoms with van der Waals surface area (Å²) in [5, 5.41) is 9.05. The number of hydrogen-bond donors (Lipinski definition) is 1. The van der Waals surface area contributed by atoms with Crippen molar-refractivity contribution in [3.05, 3.63) is 25.3 Å². The molecule has 1 saturated heterocycles. The monoisotopic (exact) mass is 238 g/mol. The summed E-state index contributed by atoms with van der Waals surface area (Å²) in [7, 11) is 0. The molecule has 1 aliphatic heterocycles. The van der Waals surface area contributed by atoms with E-state index < -0.39 is 0 Å². The van der Waals surface area contributed by atoms with Gasteiger partial charge in [0.05, 0.1) is 6.54 Å². The average molecular weight is 238 g/mol. The van der Waals surface area contributed by atoms with Crippen LogP contribution in [0.5, 0.6) is 0 Å². The Bertz CT molecular complexity index is 269. The molecule has 1 fully saturated rings. The Morgan fingerprint density at radius 2 is 2.06 bits per heavy atom. The number of carbonyl (C=O) groups is 1. The molecule has 1 unspecified atom stereocenters. The average Bonchev–Trinajstić information content (AvgIpc) is 2.76. The quantitative estimate of drug-likeness (QED) is 0.657. The molecule has 0 aromatic rings. The minimum Gasteiger partial charge on any atom is -0.396 e. The molecule has 1 amide bonds. The predicted molar refractivity (Wildman–Crippen MR) is 68.6 cm³/mol. The highest BCUT2D eigenvalue weighted by molar-refractivity contribution is 5.78. The van der Waals surface area contributed by atoms with Gasteiger partial charge in [-0.3, -0.25) is 9.69 Å². The van der Waals surface area contributed by atoms with Crippen LogP contribution in [0.25, 0.3) is 0 Å².